The third-order valence-corrected chi connectivity index (χ3v) is 3.49. The fourth-order valence-corrected chi connectivity index (χ4v) is 2.24. The van der Waals surface area contributed by atoms with E-state index in [9.17, 15) is 9.59 Å². The van der Waals surface area contributed by atoms with E-state index >= 15 is 0 Å². The van der Waals surface area contributed by atoms with Gasteiger partial charge in [0, 0.05) is 17.7 Å². The van der Waals surface area contributed by atoms with Crippen molar-refractivity contribution in [3.05, 3.63) is 53.1 Å². The van der Waals surface area contributed by atoms with Crippen molar-refractivity contribution in [2.45, 2.75) is 0 Å². The summed E-state index contributed by atoms with van der Waals surface area (Å²) in [6.07, 6.45) is 0. The first-order chi connectivity index (χ1) is 11.5. The average molecular weight is 349 g/mol. The number of nitrogens with one attached hydrogen (secondary N) is 2. The molecule has 2 N–H and O–H groups in total. The van der Waals surface area contributed by atoms with Crippen molar-refractivity contribution in [1.29, 1.82) is 0 Å². The highest BCUT2D eigenvalue weighted by molar-refractivity contribution is 6.32. The number of hydrogen-bond donors (Lipinski definition) is 2. The largest absolute Gasteiger partial charge is 0.495 e. The van der Waals surface area contributed by atoms with Gasteiger partial charge in [0.2, 0.25) is 5.91 Å². The van der Waals surface area contributed by atoms with E-state index in [-0.39, 0.29) is 12.5 Å². The van der Waals surface area contributed by atoms with Gasteiger partial charge in [-0.3, -0.25) is 9.59 Å². The molecule has 2 aromatic rings. The Morgan fingerprint density at radius 2 is 1.71 bits per heavy atom. The van der Waals surface area contributed by atoms with Crippen LogP contribution in [-0.4, -0.2) is 32.6 Å². The molecule has 2 aromatic carbocycles. The van der Waals surface area contributed by atoms with E-state index in [1.807, 2.05) is 6.07 Å². The highest BCUT2D eigenvalue weighted by Crippen LogP contribution is 2.35. The van der Waals surface area contributed by atoms with Crippen molar-refractivity contribution in [2.75, 3.05) is 26.1 Å². The summed E-state index contributed by atoms with van der Waals surface area (Å²) in [4.78, 5) is 24.0. The quantitative estimate of drug-likeness (QED) is 0.841. The summed E-state index contributed by atoms with van der Waals surface area (Å²) in [7, 11) is 2.93. The van der Waals surface area contributed by atoms with E-state index in [2.05, 4.69) is 10.6 Å². The van der Waals surface area contributed by atoms with Crippen LogP contribution >= 0.6 is 11.6 Å². The number of ether oxygens (including phenoxy) is 2. The van der Waals surface area contributed by atoms with Crippen LogP contribution in [0.2, 0.25) is 5.02 Å². The molecule has 0 bridgehead atoms. The van der Waals surface area contributed by atoms with Crippen molar-refractivity contribution >= 4 is 29.1 Å². The van der Waals surface area contributed by atoms with Gasteiger partial charge in [-0.25, -0.2) is 0 Å². The second kappa shape index (κ2) is 8.21. The molecular weight excluding hydrogens is 332 g/mol. The van der Waals surface area contributed by atoms with Crippen LogP contribution in [-0.2, 0) is 4.79 Å². The van der Waals surface area contributed by atoms with E-state index in [1.54, 1.807) is 36.4 Å². The van der Waals surface area contributed by atoms with Gasteiger partial charge in [-0.05, 0) is 12.1 Å². The number of carbonyl (C=O) groups is 2. The topological polar surface area (TPSA) is 76.7 Å². The minimum Gasteiger partial charge on any atom is -0.495 e. The Hall–Kier alpha value is -2.73. The Kier molecular flexibility index (Phi) is 6.03. The molecule has 0 radical (unpaired) electrons. The van der Waals surface area contributed by atoms with Crippen molar-refractivity contribution in [1.82, 2.24) is 5.32 Å². The van der Waals surface area contributed by atoms with Gasteiger partial charge >= 0.3 is 0 Å². The predicted molar refractivity (Wildman–Crippen MR) is 92.0 cm³/mol. The summed E-state index contributed by atoms with van der Waals surface area (Å²) in [5.74, 6) is 0.0676. The molecule has 0 fully saturated rings. The van der Waals surface area contributed by atoms with Gasteiger partial charge in [0.15, 0.2) is 0 Å². The second-order valence-corrected chi connectivity index (χ2v) is 5.19. The molecule has 0 heterocycles. The monoisotopic (exact) mass is 348 g/mol. The van der Waals surface area contributed by atoms with Gasteiger partial charge in [0.05, 0.1) is 31.5 Å². The highest BCUT2D eigenvalue weighted by Gasteiger charge is 2.13. The number of hydrogen-bond acceptors (Lipinski definition) is 4. The summed E-state index contributed by atoms with van der Waals surface area (Å²) < 4.78 is 10.3. The second-order valence-electron chi connectivity index (χ2n) is 4.78. The van der Waals surface area contributed by atoms with Crippen LogP contribution in [0.3, 0.4) is 0 Å². The number of halogens is 1. The molecule has 24 heavy (non-hydrogen) atoms. The first-order valence-electron chi connectivity index (χ1n) is 7.09. The van der Waals surface area contributed by atoms with Gasteiger partial charge in [-0.15, -0.1) is 0 Å². The Labute approximate surface area is 144 Å². The van der Waals surface area contributed by atoms with E-state index in [1.165, 1.54) is 14.2 Å². The maximum atomic E-state index is 12.0. The van der Waals surface area contributed by atoms with Crippen molar-refractivity contribution in [3.8, 4) is 11.5 Å². The number of anilines is 1. The van der Waals surface area contributed by atoms with Crippen LogP contribution < -0.4 is 20.1 Å². The van der Waals surface area contributed by atoms with Crippen molar-refractivity contribution in [2.24, 2.45) is 0 Å². The predicted octanol–water partition coefficient (Wildman–Crippen LogP) is 2.73. The van der Waals surface area contributed by atoms with Gasteiger partial charge in [0.1, 0.15) is 11.5 Å². The first-order valence-corrected chi connectivity index (χ1v) is 7.47. The lowest BCUT2D eigenvalue weighted by atomic mass is 10.2. The Morgan fingerprint density at radius 3 is 2.33 bits per heavy atom. The number of benzene rings is 2. The lowest BCUT2D eigenvalue weighted by Crippen LogP contribution is -2.32. The molecule has 0 aliphatic rings. The van der Waals surface area contributed by atoms with E-state index < -0.39 is 5.91 Å². The molecule has 6 nitrogen and oxygen atoms in total. The smallest absolute Gasteiger partial charge is 0.251 e. The number of rotatable bonds is 6. The number of amides is 2. The van der Waals surface area contributed by atoms with Crippen molar-refractivity contribution < 1.29 is 19.1 Å². The van der Waals surface area contributed by atoms with Crippen LogP contribution in [0.4, 0.5) is 5.69 Å². The van der Waals surface area contributed by atoms with Gasteiger partial charge in [-0.1, -0.05) is 29.8 Å². The standard InChI is InChI=1S/C17H17ClN2O4/c1-23-14-9-13(15(24-2)8-12(14)18)20-16(21)10-19-17(22)11-6-4-3-5-7-11/h3-9H,10H2,1-2H3,(H,19,22)(H,20,21). The lowest BCUT2D eigenvalue weighted by Gasteiger charge is -2.13. The van der Waals surface area contributed by atoms with E-state index in [4.69, 9.17) is 21.1 Å². The zero-order valence-corrected chi connectivity index (χ0v) is 14.0. The molecule has 0 spiro atoms. The van der Waals surface area contributed by atoms with Crippen LogP contribution in [0, 0.1) is 0 Å². The molecule has 2 amide bonds. The Morgan fingerprint density at radius 1 is 1.04 bits per heavy atom. The van der Waals surface area contributed by atoms with E-state index in [0.717, 1.165) is 0 Å². The van der Waals surface area contributed by atoms with Gasteiger partial charge in [0.25, 0.3) is 5.91 Å². The summed E-state index contributed by atoms with van der Waals surface area (Å²) >= 11 is 6.01. The molecular formula is C17H17ClN2O4. The molecule has 7 heteroatoms. The number of methoxy groups -OCH3 is 2. The van der Waals surface area contributed by atoms with Crippen LogP contribution in [0.25, 0.3) is 0 Å². The zero-order chi connectivity index (χ0) is 17.5. The van der Waals surface area contributed by atoms with Gasteiger partial charge in [-0.2, -0.15) is 0 Å². The Balaban J connectivity index is 2.01. The fraction of sp³-hybridized carbons (Fsp3) is 0.176. The lowest BCUT2D eigenvalue weighted by molar-refractivity contribution is -0.115. The maximum Gasteiger partial charge on any atom is 0.251 e. The fourth-order valence-electron chi connectivity index (χ4n) is 2.00. The molecule has 126 valence electrons. The molecule has 0 aromatic heterocycles. The summed E-state index contributed by atoms with van der Waals surface area (Å²) in [6.45, 7) is -0.179. The van der Waals surface area contributed by atoms with Crippen LogP contribution in [0.15, 0.2) is 42.5 Å². The van der Waals surface area contributed by atoms with Crippen LogP contribution in [0.5, 0.6) is 11.5 Å². The molecule has 0 atom stereocenters. The summed E-state index contributed by atoms with van der Waals surface area (Å²) in [5, 5.41) is 5.57. The van der Waals surface area contributed by atoms with E-state index in [0.29, 0.717) is 27.8 Å². The SMILES string of the molecule is COc1cc(NC(=O)CNC(=O)c2ccccc2)c(OC)cc1Cl. The number of carbonyl (C=O) groups excluding carboxylic acids is 2. The Bertz CT molecular complexity index is 735. The summed E-state index contributed by atoms with van der Waals surface area (Å²) in [5.41, 5.74) is 0.883. The molecule has 2 rings (SSSR count). The van der Waals surface area contributed by atoms with Crippen LogP contribution in [0.1, 0.15) is 10.4 Å². The third-order valence-electron chi connectivity index (χ3n) is 3.19. The molecule has 0 aliphatic carbocycles. The summed E-state index contributed by atoms with van der Waals surface area (Å²) in [6, 6.07) is 11.7. The molecule has 0 aliphatic heterocycles. The van der Waals surface area contributed by atoms with Crippen molar-refractivity contribution in [3.63, 3.8) is 0 Å². The average Bonchev–Trinajstić information content (AvgIpc) is 2.61. The first kappa shape index (κ1) is 17.6. The maximum absolute atomic E-state index is 12.0. The third kappa shape index (κ3) is 4.39. The highest BCUT2D eigenvalue weighted by atomic mass is 35.5. The molecule has 0 saturated carbocycles. The minimum absolute atomic E-state index is 0.179. The normalized spacial score (nSPS) is 9.96. The van der Waals surface area contributed by atoms with Gasteiger partial charge < -0.3 is 20.1 Å². The zero-order valence-electron chi connectivity index (χ0n) is 13.3. The minimum atomic E-state index is -0.401. The molecule has 0 saturated heterocycles. The molecule has 0 unspecified atom stereocenters.